The van der Waals surface area contributed by atoms with Gasteiger partial charge in [-0.15, -0.1) is 0 Å². The van der Waals surface area contributed by atoms with E-state index >= 15 is 0 Å². The van der Waals surface area contributed by atoms with Crippen LogP contribution in [0, 0.1) is 5.82 Å². The molecule has 0 bridgehead atoms. The third kappa shape index (κ3) is 4.91. The fraction of sp³-hybridized carbons (Fsp3) is 0.500. The second-order valence-electron chi connectivity index (χ2n) is 5.95. The molecule has 2 amide bonds. The standard InChI is InChI=1S/C16H21ClFN3O2/c1-10(2)20-15(22)8-14-16(23)19-5-6-21(14)9-11-3-4-12(17)13(18)7-11/h3-4,7,10,14H,5-6,8-9H2,1-2H3,(H,19,23)(H,20,22). The van der Waals surface area contributed by atoms with Crippen LogP contribution in [-0.4, -0.2) is 41.9 Å². The molecule has 0 aliphatic carbocycles. The summed E-state index contributed by atoms with van der Waals surface area (Å²) in [6.07, 6.45) is 0.0834. The SMILES string of the molecule is CC(C)NC(=O)CC1C(=O)NCCN1Cc1ccc(Cl)c(F)c1. The van der Waals surface area contributed by atoms with Gasteiger partial charge in [0.1, 0.15) is 5.82 Å². The van der Waals surface area contributed by atoms with Gasteiger partial charge < -0.3 is 10.6 Å². The Labute approximate surface area is 140 Å². The van der Waals surface area contributed by atoms with Crippen molar-refractivity contribution in [3.63, 3.8) is 0 Å². The van der Waals surface area contributed by atoms with E-state index in [1.54, 1.807) is 6.07 Å². The Balaban J connectivity index is 2.08. The van der Waals surface area contributed by atoms with E-state index in [0.717, 1.165) is 5.56 Å². The van der Waals surface area contributed by atoms with Gasteiger partial charge in [0.25, 0.3) is 0 Å². The van der Waals surface area contributed by atoms with Crippen LogP contribution in [0.25, 0.3) is 0 Å². The van der Waals surface area contributed by atoms with Gasteiger partial charge in [0.15, 0.2) is 0 Å². The average Bonchev–Trinajstić information content (AvgIpc) is 2.46. The molecule has 1 heterocycles. The first-order chi connectivity index (χ1) is 10.9. The quantitative estimate of drug-likeness (QED) is 0.857. The summed E-state index contributed by atoms with van der Waals surface area (Å²) in [6.45, 7) is 5.24. The van der Waals surface area contributed by atoms with Gasteiger partial charge >= 0.3 is 0 Å². The van der Waals surface area contributed by atoms with Crippen LogP contribution in [0.4, 0.5) is 4.39 Å². The first-order valence-corrected chi connectivity index (χ1v) is 7.99. The van der Waals surface area contributed by atoms with Crippen molar-refractivity contribution in [1.82, 2.24) is 15.5 Å². The smallest absolute Gasteiger partial charge is 0.237 e. The summed E-state index contributed by atoms with van der Waals surface area (Å²) in [5, 5.41) is 5.63. The Bertz CT molecular complexity index is 595. The molecule has 1 unspecified atom stereocenters. The van der Waals surface area contributed by atoms with Gasteiger partial charge in [-0.2, -0.15) is 0 Å². The number of carbonyl (C=O) groups excluding carboxylic acids is 2. The molecule has 126 valence electrons. The first-order valence-electron chi connectivity index (χ1n) is 7.62. The molecule has 0 radical (unpaired) electrons. The highest BCUT2D eigenvalue weighted by atomic mass is 35.5. The fourth-order valence-electron chi connectivity index (χ4n) is 2.60. The first kappa shape index (κ1) is 17.7. The van der Waals surface area contributed by atoms with Crippen LogP contribution in [0.2, 0.25) is 5.02 Å². The third-order valence-electron chi connectivity index (χ3n) is 3.64. The Morgan fingerprint density at radius 3 is 2.91 bits per heavy atom. The summed E-state index contributed by atoms with van der Waals surface area (Å²) in [5.74, 6) is -0.835. The van der Waals surface area contributed by atoms with E-state index in [0.29, 0.717) is 19.6 Å². The second-order valence-corrected chi connectivity index (χ2v) is 6.36. The monoisotopic (exact) mass is 341 g/mol. The lowest BCUT2D eigenvalue weighted by atomic mass is 10.1. The number of halogens is 2. The van der Waals surface area contributed by atoms with E-state index in [1.807, 2.05) is 18.7 Å². The third-order valence-corrected chi connectivity index (χ3v) is 3.95. The van der Waals surface area contributed by atoms with Crippen molar-refractivity contribution in [1.29, 1.82) is 0 Å². The van der Waals surface area contributed by atoms with E-state index < -0.39 is 11.9 Å². The topological polar surface area (TPSA) is 61.4 Å². The van der Waals surface area contributed by atoms with Gasteiger partial charge in [0.2, 0.25) is 11.8 Å². The summed E-state index contributed by atoms with van der Waals surface area (Å²) >= 11 is 5.69. The number of nitrogens with zero attached hydrogens (tertiary/aromatic N) is 1. The summed E-state index contributed by atoms with van der Waals surface area (Å²) in [7, 11) is 0. The predicted molar refractivity (Wildman–Crippen MR) is 86.5 cm³/mol. The van der Waals surface area contributed by atoms with Crippen LogP contribution in [0.3, 0.4) is 0 Å². The highest BCUT2D eigenvalue weighted by Gasteiger charge is 2.31. The predicted octanol–water partition coefficient (Wildman–Crippen LogP) is 1.69. The molecule has 1 fully saturated rings. The van der Waals surface area contributed by atoms with E-state index in [9.17, 15) is 14.0 Å². The molecule has 5 nitrogen and oxygen atoms in total. The van der Waals surface area contributed by atoms with Crippen LogP contribution in [0.15, 0.2) is 18.2 Å². The summed E-state index contributed by atoms with van der Waals surface area (Å²) in [6, 6.07) is 4.05. The summed E-state index contributed by atoms with van der Waals surface area (Å²) in [5.41, 5.74) is 0.718. The Morgan fingerprint density at radius 2 is 2.26 bits per heavy atom. The Kier molecular flexibility index (Phi) is 5.96. The van der Waals surface area contributed by atoms with Crippen molar-refractivity contribution in [3.05, 3.63) is 34.6 Å². The molecule has 2 rings (SSSR count). The maximum Gasteiger partial charge on any atom is 0.237 e. The minimum atomic E-state index is -0.554. The number of nitrogens with one attached hydrogen (secondary N) is 2. The lowest BCUT2D eigenvalue weighted by Gasteiger charge is -2.34. The molecule has 2 N–H and O–H groups in total. The van der Waals surface area contributed by atoms with Crippen LogP contribution in [0.1, 0.15) is 25.8 Å². The molecule has 1 aliphatic rings. The molecule has 1 aromatic rings. The van der Waals surface area contributed by atoms with Crippen molar-refractivity contribution < 1.29 is 14.0 Å². The number of hydrogen-bond acceptors (Lipinski definition) is 3. The molecule has 1 aliphatic heterocycles. The van der Waals surface area contributed by atoms with Crippen LogP contribution in [-0.2, 0) is 16.1 Å². The molecule has 0 aromatic heterocycles. The van der Waals surface area contributed by atoms with Gasteiger partial charge in [0, 0.05) is 25.7 Å². The largest absolute Gasteiger partial charge is 0.354 e. The van der Waals surface area contributed by atoms with Crippen molar-refractivity contribution in [2.24, 2.45) is 0 Å². The van der Waals surface area contributed by atoms with Gasteiger partial charge in [-0.3, -0.25) is 14.5 Å². The zero-order chi connectivity index (χ0) is 17.0. The molecular weight excluding hydrogens is 321 g/mol. The molecule has 1 atom stereocenters. The molecule has 0 saturated carbocycles. The van der Waals surface area contributed by atoms with Crippen LogP contribution in [0.5, 0.6) is 0 Å². The van der Waals surface area contributed by atoms with Crippen molar-refractivity contribution >= 4 is 23.4 Å². The molecule has 1 aromatic carbocycles. The number of hydrogen-bond donors (Lipinski definition) is 2. The van der Waals surface area contributed by atoms with Gasteiger partial charge in [-0.1, -0.05) is 17.7 Å². The zero-order valence-electron chi connectivity index (χ0n) is 13.2. The summed E-state index contributed by atoms with van der Waals surface area (Å²) in [4.78, 5) is 26.0. The van der Waals surface area contributed by atoms with Crippen molar-refractivity contribution in [2.45, 2.75) is 38.9 Å². The van der Waals surface area contributed by atoms with E-state index in [2.05, 4.69) is 10.6 Å². The highest BCUT2D eigenvalue weighted by molar-refractivity contribution is 6.30. The number of amides is 2. The average molecular weight is 342 g/mol. The molecular formula is C16H21ClFN3O2. The molecule has 0 spiro atoms. The van der Waals surface area contributed by atoms with Crippen molar-refractivity contribution in [2.75, 3.05) is 13.1 Å². The molecule has 23 heavy (non-hydrogen) atoms. The van der Waals surface area contributed by atoms with E-state index in [-0.39, 0.29) is 29.3 Å². The fourth-order valence-corrected chi connectivity index (χ4v) is 2.72. The maximum absolute atomic E-state index is 13.6. The Morgan fingerprint density at radius 1 is 1.52 bits per heavy atom. The van der Waals surface area contributed by atoms with Crippen LogP contribution < -0.4 is 10.6 Å². The minimum absolute atomic E-state index is 0.0213. The second kappa shape index (κ2) is 7.75. The van der Waals surface area contributed by atoms with Gasteiger partial charge in [-0.25, -0.2) is 4.39 Å². The highest BCUT2D eigenvalue weighted by Crippen LogP contribution is 2.19. The number of carbonyl (C=O) groups is 2. The lowest BCUT2D eigenvalue weighted by Crippen LogP contribution is -2.56. The number of piperazine rings is 1. The minimum Gasteiger partial charge on any atom is -0.354 e. The maximum atomic E-state index is 13.6. The van der Waals surface area contributed by atoms with Gasteiger partial charge in [-0.05, 0) is 31.5 Å². The summed E-state index contributed by atoms with van der Waals surface area (Å²) < 4.78 is 13.6. The van der Waals surface area contributed by atoms with Crippen molar-refractivity contribution in [3.8, 4) is 0 Å². The molecule has 1 saturated heterocycles. The number of rotatable bonds is 5. The normalized spacial score (nSPS) is 18.8. The van der Waals surface area contributed by atoms with E-state index in [4.69, 9.17) is 11.6 Å². The number of benzene rings is 1. The van der Waals surface area contributed by atoms with Gasteiger partial charge in [0.05, 0.1) is 17.5 Å². The zero-order valence-corrected chi connectivity index (χ0v) is 14.0. The van der Waals surface area contributed by atoms with E-state index in [1.165, 1.54) is 12.1 Å². The Hall–Kier alpha value is -1.66. The van der Waals surface area contributed by atoms with Crippen LogP contribution >= 0.6 is 11.6 Å². The molecule has 7 heteroatoms. The lowest BCUT2D eigenvalue weighted by molar-refractivity contribution is -0.134.